The molecule has 1 heterocycles. The van der Waals surface area contributed by atoms with Gasteiger partial charge in [-0.25, -0.2) is 0 Å². The smallest absolute Gasteiger partial charge is 0.0501 e. The van der Waals surface area contributed by atoms with Crippen LogP contribution in [0.2, 0.25) is 0 Å². The van der Waals surface area contributed by atoms with Gasteiger partial charge in [0.1, 0.15) is 0 Å². The predicted molar refractivity (Wildman–Crippen MR) is 80.0 cm³/mol. The third-order valence-electron chi connectivity index (χ3n) is 3.22. The van der Waals surface area contributed by atoms with Gasteiger partial charge in [-0.05, 0) is 31.2 Å². The lowest BCUT2D eigenvalue weighted by molar-refractivity contribution is 0.341. The van der Waals surface area contributed by atoms with Gasteiger partial charge in [-0.1, -0.05) is 30.3 Å². The maximum absolute atomic E-state index is 5.62. The van der Waals surface area contributed by atoms with Gasteiger partial charge in [-0.3, -0.25) is 4.98 Å². The monoisotopic (exact) mass is 255 g/mol. The molecule has 0 amide bonds. The molecule has 1 aromatic carbocycles. The highest BCUT2D eigenvalue weighted by Gasteiger charge is 2.01. The van der Waals surface area contributed by atoms with Crippen LogP contribution < -0.4 is 5.73 Å². The van der Waals surface area contributed by atoms with Crippen LogP contribution in [0.3, 0.4) is 0 Å². The molecule has 0 spiro atoms. The average Bonchev–Trinajstić information content (AvgIpc) is 2.45. The summed E-state index contributed by atoms with van der Waals surface area (Å²) in [5.74, 6) is 0. The summed E-state index contributed by atoms with van der Waals surface area (Å²) >= 11 is 0. The van der Waals surface area contributed by atoms with Gasteiger partial charge in [0.05, 0.1) is 11.9 Å². The molecule has 0 saturated heterocycles. The summed E-state index contributed by atoms with van der Waals surface area (Å²) in [4.78, 5) is 6.66. The summed E-state index contributed by atoms with van der Waals surface area (Å²) in [6, 6.07) is 14.5. The zero-order chi connectivity index (χ0) is 13.5. The number of hydrogen-bond acceptors (Lipinski definition) is 3. The van der Waals surface area contributed by atoms with Crippen molar-refractivity contribution in [2.45, 2.75) is 12.8 Å². The Labute approximate surface area is 115 Å². The molecule has 0 aliphatic carbocycles. The van der Waals surface area contributed by atoms with Gasteiger partial charge in [0.25, 0.3) is 0 Å². The van der Waals surface area contributed by atoms with Gasteiger partial charge in [0.2, 0.25) is 0 Å². The van der Waals surface area contributed by atoms with Gasteiger partial charge < -0.3 is 10.6 Å². The highest BCUT2D eigenvalue weighted by molar-refractivity contribution is 5.34. The Balaban J connectivity index is 1.72. The van der Waals surface area contributed by atoms with Crippen molar-refractivity contribution in [2.24, 2.45) is 0 Å². The largest absolute Gasteiger partial charge is 0.397 e. The van der Waals surface area contributed by atoms with E-state index in [-0.39, 0.29) is 0 Å². The lowest BCUT2D eigenvalue weighted by atomic mass is 10.1. The number of benzene rings is 1. The maximum atomic E-state index is 5.62. The Bertz CT molecular complexity index is 479. The van der Waals surface area contributed by atoms with Crippen LogP contribution in [0.5, 0.6) is 0 Å². The minimum absolute atomic E-state index is 0.723. The number of rotatable bonds is 6. The van der Waals surface area contributed by atoms with E-state index in [1.165, 1.54) is 5.56 Å². The van der Waals surface area contributed by atoms with Crippen molar-refractivity contribution in [3.05, 3.63) is 59.9 Å². The number of aromatic nitrogens is 1. The van der Waals surface area contributed by atoms with Gasteiger partial charge in [-0.15, -0.1) is 0 Å². The maximum Gasteiger partial charge on any atom is 0.0501 e. The van der Waals surface area contributed by atoms with Crippen LogP contribution in [-0.4, -0.2) is 30.0 Å². The third-order valence-corrected chi connectivity index (χ3v) is 3.22. The number of nitrogens with zero attached hydrogens (tertiary/aromatic N) is 2. The topological polar surface area (TPSA) is 42.1 Å². The zero-order valence-electron chi connectivity index (χ0n) is 11.4. The van der Waals surface area contributed by atoms with Crippen molar-refractivity contribution in [1.29, 1.82) is 0 Å². The minimum Gasteiger partial charge on any atom is -0.397 e. The van der Waals surface area contributed by atoms with E-state index in [1.54, 1.807) is 6.20 Å². The van der Waals surface area contributed by atoms with E-state index in [2.05, 4.69) is 47.3 Å². The van der Waals surface area contributed by atoms with Crippen LogP contribution in [0, 0.1) is 0 Å². The quantitative estimate of drug-likeness (QED) is 0.861. The highest BCUT2D eigenvalue weighted by atomic mass is 15.1. The minimum atomic E-state index is 0.723. The van der Waals surface area contributed by atoms with Crippen molar-refractivity contribution >= 4 is 5.69 Å². The van der Waals surface area contributed by atoms with Gasteiger partial charge in [0.15, 0.2) is 0 Å². The first-order chi connectivity index (χ1) is 9.24. The molecule has 0 aliphatic rings. The highest BCUT2D eigenvalue weighted by Crippen LogP contribution is 2.04. The SMILES string of the molecule is CN(CCc1ccccc1)CCc1ccc(N)cn1. The zero-order valence-corrected chi connectivity index (χ0v) is 11.4. The lowest BCUT2D eigenvalue weighted by Crippen LogP contribution is -2.24. The van der Waals surface area contributed by atoms with E-state index in [1.807, 2.05) is 12.1 Å². The molecule has 0 atom stereocenters. The standard InChI is InChI=1S/C16H21N3/c1-19(11-9-14-5-3-2-4-6-14)12-10-16-8-7-15(17)13-18-16/h2-8,13H,9-12,17H2,1H3. The molecule has 3 heteroatoms. The molecule has 1 aromatic heterocycles. The Morgan fingerprint density at radius 2 is 1.74 bits per heavy atom. The molecule has 3 nitrogen and oxygen atoms in total. The summed E-state index contributed by atoms with van der Waals surface area (Å²) in [5, 5.41) is 0. The molecule has 19 heavy (non-hydrogen) atoms. The summed E-state index contributed by atoms with van der Waals surface area (Å²) in [6.07, 6.45) is 3.78. The summed E-state index contributed by atoms with van der Waals surface area (Å²) in [6.45, 7) is 2.09. The molecule has 0 unspecified atom stereocenters. The van der Waals surface area contributed by atoms with Gasteiger partial charge in [0, 0.05) is 25.2 Å². The fourth-order valence-electron chi connectivity index (χ4n) is 1.97. The summed E-state index contributed by atoms with van der Waals surface area (Å²) < 4.78 is 0. The second-order valence-corrected chi connectivity index (χ2v) is 4.87. The van der Waals surface area contributed by atoms with Crippen LogP contribution in [0.1, 0.15) is 11.3 Å². The van der Waals surface area contributed by atoms with E-state index in [4.69, 9.17) is 5.73 Å². The molecule has 0 fully saturated rings. The van der Waals surface area contributed by atoms with Gasteiger partial charge in [-0.2, -0.15) is 0 Å². The molecular formula is C16H21N3. The molecular weight excluding hydrogens is 234 g/mol. The Hall–Kier alpha value is -1.87. The van der Waals surface area contributed by atoms with Crippen molar-refractivity contribution < 1.29 is 0 Å². The fraction of sp³-hybridized carbons (Fsp3) is 0.312. The van der Waals surface area contributed by atoms with E-state index in [0.717, 1.165) is 37.3 Å². The van der Waals surface area contributed by atoms with Crippen LogP contribution in [-0.2, 0) is 12.8 Å². The molecule has 0 radical (unpaired) electrons. The van der Waals surface area contributed by atoms with Crippen molar-refractivity contribution in [3.63, 3.8) is 0 Å². The predicted octanol–water partition coefficient (Wildman–Crippen LogP) is 2.38. The number of likely N-dealkylation sites (N-methyl/N-ethyl adjacent to an activating group) is 1. The average molecular weight is 255 g/mol. The van der Waals surface area contributed by atoms with Crippen LogP contribution in [0.25, 0.3) is 0 Å². The van der Waals surface area contributed by atoms with Crippen molar-refractivity contribution in [2.75, 3.05) is 25.9 Å². The Kier molecular flexibility index (Phi) is 4.93. The van der Waals surface area contributed by atoms with Crippen LogP contribution in [0.15, 0.2) is 48.7 Å². The Morgan fingerprint density at radius 1 is 1.00 bits per heavy atom. The van der Waals surface area contributed by atoms with E-state index in [0.29, 0.717) is 0 Å². The molecule has 2 aromatic rings. The number of pyridine rings is 1. The fourth-order valence-corrected chi connectivity index (χ4v) is 1.97. The normalized spacial score (nSPS) is 10.8. The van der Waals surface area contributed by atoms with Crippen molar-refractivity contribution in [3.8, 4) is 0 Å². The van der Waals surface area contributed by atoms with Crippen molar-refractivity contribution in [1.82, 2.24) is 9.88 Å². The first-order valence-corrected chi connectivity index (χ1v) is 6.67. The summed E-state index contributed by atoms with van der Waals surface area (Å²) in [7, 11) is 2.15. The first-order valence-electron chi connectivity index (χ1n) is 6.67. The van der Waals surface area contributed by atoms with E-state index in [9.17, 15) is 0 Å². The second kappa shape index (κ2) is 6.90. The van der Waals surface area contributed by atoms with Crippen LogP contribution in [0.4, 0.5) is 5.69 Å². The molecule has 0 bridgehead atoms. The van der Waals surface area contributed by atoms with Gasteiger partial charge >= 0.3 is 0 Å². The molecule has 0 aliphatic heterocycles. The number of nitrogens with two attached hydrogens (primary N) is 1. The van der Waals surface area contributed by atoms with E-state index < -0.39 is 0 Å². The number of anilines is 1. The summed E-state index contributed by atoms with van der Waals surface area (Å²) in [5.41, 5.74) is 8.83. The second-order valence-electron chi connectivity index (χ2n) is 4.87. The molecule has 100 valence electrons. The first kappa shape index (κ1) is 13.6. The molecule has 2 N–H and O–H groups in total. The van der Waals surface area contributed by atoms with Crippen LogP contribution >= 0.6 is 0 Å². The number of hydrogen-bond donors (Lipinski definition) is 1. The Morgan fingerprint density at radius 3 is 2.42 bits per heavy atom. The third kappa shape index (κ3) is 4.72. The molecule has 0 saturated carbocycles. The van der Waals surface area contributed by atoms with E-state index >= 15 is 0 Å². The number of nitrogen functional groups attached to an aromatic ring is 1. The molecule has 2 rings (SSSR count). The lowest BCUT2D eigenvalue weighted by Gasteiger charge is -2.16.